The fraction of sp³-hybridized carbons (Fsp3) is 0.571. The van der Waals surface area contributed by atoms with Crippen LogP contribution in [-0.4, -0.2) is 22.7 Å². The van der Waals surface area contributed by atoms with E-state index in [0.29, 0.717) is 4.88 Å². The van der Waals surface area contributed by atoms with Crippen LogP contribution in [0.2, 0.25) is 0 Å². The van der Waals surface area contributed by atoms with E-state index in [1.807, 2.05) is 6.92 Å². The monoisotopic (exact) mass is 186 g/mol. The van der Waals surface area contributed by atoms with Gasteiger partial charge in [-0.25, -0.2) is 4.79 Å². The van der Waals surface area contributed by atoms with E-state index >= 15 is 0 Å². The summed E-state index contributed by atoms with van der Waals surface area (Å²) in [4.78, 5) is 11.6. The molecule has 0 unspecified atom stereocenters. The molecule has 0 fully saturated rings. The minimum absolute atomic E-state index is 0.339. The Morgan fingerprint density at radius 1 is 1.67 bits per heavy atom. The molecule has 0 atom stereocenters. The molecule has 12 heavy (non-hydrogen) atoms. The van der Waals surface area contributed by atoms with Crippen LogP contribution in [0.15, 0.2) is 0 Å². The quantitative estimate of drug-likeness (QED) is 0.667. The summed E-state index contributed by atoms with van der Waals surface area (Å²) >= 11 is 1.09. The van der Waals surface area contributed by atoms with Gasteiger partial charge in [0.15, 0.2) is 4.88 Å². The van der Waals surface area contributed by atoms with Gasteiger partial charge in [0.1, 0.15) is 0 Å². The van der Waals surface area contributed by atoms with Gasteiger partial charge in [0, 0.05) is 0 Å². The number of rotatable bonds is 3. The van der Waals surface area contributed by atoms with Crippen molar-refractivity contribution in [3.05, 3.63) is 10.6 Å². The Morgan fingerprint density at radius 3 is 3.00 bits per heavy atom. The van der Waals surface area contributed by atoms with Crippen molar-refractivity contribution in [2.45, 2.75) is 19.8 Å². The maximum atomic E-state index is 11.1. The van der Waals surface area contributed by atoms with Crippen LogP contribution in [0.4, 0.5) is 0 Å². The average Bonchev–Trinajstić information content (AvgIpc) is 2.52. The molecular formula is C7H10N2O2S. The first-order chi connectivity index (χ1) is 5.79. The van der Waals surface area contributed by atoms with Crippen LogP contribution in [0.3, 0.4) is 0 Å². The third kappa shape index (κ3) is 1.79. The van der Waals surface area contributed by atoms with Gasteiger partial charge >= 0.3 is 5.97 Å². The summed E-state index contributed by atoms with van der Waals surface area (Å²) in [7, 11) is 1.36. The Kier molecular flexibility index (Phi) is 3.16. The smallest absolute Gasteiger partial charge is 0.351 e. The molecule has 0 radical (unpaired) electrons. The Labute approximate surface area is 74.7 Å². The second-order valence-electron chi connectivity index (χ2n) is 2.29. The Balaban J connectivity index is 2.83. The lowest BCUT2D eigenvalue weighted by Gasteiger charge is -1.95. The summed E-state index contributed by atoms with van der Waals surface area (Å²) in [6.07, 6.45) is 1.73. The van der Waals surface area contributed by atoms with E-state index in [9.17, 15) is 4.79 Å². The highest BCUT2D eigenvalue weighted by molar-refractivity contribution is 7.07. The van der Waals surface area contributed by atoms with E-state index in [1.54, 1.807) is 0 Å². The molecule has 0 N–H and O–H groups in total. The lowest BCUT2D eigenvalue weighted by Crippen LogP contribution is -2.02. The summed E-state index contributed by atoms with van der Waals surface area (Å²) in [5, 5.41) is 3.84. The summed E-state index contributed by atoms with van der Waals surface area (Å²) in [5.41, 5.74) is 0.745. The van der Waals surface area contributed by atoms with Crippen LogP contribution in [0.25, 0.3) is 0 Å². The van der Waals surface area contributed by atoms with Gasteiger partial charge in [-0.2, -0.15) is 0 Å². The van der Waals surface area contributed by atoms with Gasteiger partial charge in [0.05, 0.1) is 12.8 Å². The van der Waals surface area contributed by atoms with Crippen LogP contribution in [0, 0.1) is 0 Å². The van der Waals surface area contributed by atoms with Crippen LogP contribution in [0.5, 0.6) is 0 Å². The topological polar surface area (TPSA) is 52.1 Å². The van der Waals surface area contributed by atoms with Crippen molar-refractivity contribution >= 4 is 17.5 Å². The van der Waals surface area contributed by atoms with Gasteiger partial charge in [-0.3, -0.25) is 0 Å². The molecule has 1 heterocycles. The maximum absolute atomic E-state index is 11.1. The van der Waals surface area contributed by atoms with Gasteiger partial charge in [-0.15, -0.1) is 5.10 Å². The van der Waals surface area contributed by atoms with E-state index in [4.69, 9.17) is 0 Å². The zero-order chi connectivity index (χ0) is 8.97. The molecule has 0 amide bonds. The molecule has 66 valence electrons. The number of hydrogen-bond acceptors (Lipinski definition) is 5. The number of methoxy groups -OCH3 is 1. The number of aryl methyl sites for hydroxylation is 1. The minimum atomic E-state index is -0.339. The van der Waals surface area contributed by atoms with Gasteiger partial charge in [-0.1, -0.05) is 17.8 Å². The lowest BCUT2D eigenvalue weighted by atomic mass is 10.2. The normalized spacial score (nSPS) is 9.83. The highest BCUT2D eigenvalue weighted by Gasteiger charge is 2.15. The summed E-state index contributed by atoms with van der Waals surface area (Å²) in [5.74, 6) is -0.339. The second-order valence-corrected chi connectivity index (χ2v) is 3.04. The first-order valence-corrected chi connectivity index (χ1v) is 4.46. The van der Waals surface area contributed by atoms with Crippen LogP contribution >= 0.6 is 11.5 Å². The Morgan fingerprint density at radius 2 is 2.42 bits per heavy atom. The molecule has 0 saturated heterocycles. The molecular weight excluding hydrogens is 176 g/mol. The SMILES string of the molecule is CCCc1nnsc1C(=O)OC. The molecule has 0 spiro atoms. The minimum Gasteiger partial charge on any atom is -0.465 e. The number of ether oxygens (including phenoxy) is 1. The third-order valence-corrected chi connectivity index (χ3v) is 2.16. The van der Waals surface area contributed by atoms with Crippen molar-refractivity contribution in [1.82, 2.24) is 9.59 Å². The Bertz CT molecular complexity index is 272. The number of hydrogen-bond donors (Lipinski definition) is 0. The standard InChI is InChI=1S/C7H10N2O2S/c1-3-4-5-6(7(10)11-2)12-9-8-5/h3-4H2,1-2H3. The van der Waals surface area contributed by atoms with Gasteiger partial charge < -0.3 is 4.74 Å². The summed E-state index contributed by atoms with van der Waals surface area (Å²) in [6, 6.07) is 0. The molecule has 1 rings (SSSR count). The number of carbonyl (C=O) groups is 1. The average molecular weight is 186 g/mol. The van der Waals surface area contributed by atoms with E-state index in [-0.39, 0.29) is 5.97 Å². The number of nitrogens with zero attached hydrogens (tertiary/aromatic N) is 2. The number of aromatic nitrogens is 2. The molecule has 0 aromatic carbocycles. The number of esters is 1. The molecule has 4 nitrogen and oxygen atoms in total. The fourth-order valence-corrected chi connectivity index (χ4v) is 1.48. The van der Waals surface area contributed by atoms with E-state index in [0.717, 1.165) is 30.1 Å². The van der Waals surface area contributed by atoms with Gasteiger partial charge in [0.25, 0.3) is 0 Å². The highest BCUT2D eigenvalue weighted by atomic mass is 32.1. The van der Waals surface area contributed by atoms with Crippen molar-refractivity contribution in [1.29, 1.82) is 0 Å². The predicted molar refractivity (Wildman–Crippen MR) is 45.2 cm³/mol. The predicted octanol–water partition coefficient (Wildman–Crippen LogP) is 1.28. The first kappa shape index (κ1) is 9.12. The molecule has 0 aliphatic rings. The Hall–Kier alpha value is -0.970. The first-order valence-electron chi connectivity index (χ1n) is 3.69. The third-order valence-electron chi connectivity index (χ3n) is 1.41. The molecule has 1 aromatic heterocycles. The van der Waals surface area contributed by atoms with Crippen LogP contribution in [-0.2, 0) is 11.2 Å². The van der Waals surface area contributed by atoms with E-state index in [1.165, 1.54) is 7.11 Å². The zero-order valence-corrected chi connectivity index (χ0v) is 7.85. The van der Waals surface area contributed by atoms with Crippen molar-refractivity contribution in [2.75, 3.05) is 7.11 Å². The van der Waals surface area contributed by atoms with Crippen molar-refractivity contribution in [2.24, 2.45) is 0 Å². The molecule has 1 aromatic rings. The molecule has 5 heteroatoms. The second kappa shape index (κ2) is 4.15. The van der Waals surface area contributed by atoms with Crippen LogP contribution < -0.4 is 0 Å². The molecule has 0 aliphatic heterocycles. The largest absolute Gasteiger partial charge is 0.465 e. The fourth-order valence-electron chi connectivity index (χ4n) is 0.857. The van der Waals surface area contributed by atoms with Gasteiger partial charge in [0.2, 0.25) is 0 Å². The lowest BCUT2D eigenvalue weighted by molar-refractivity contribution is 0.0605. The molecule has 0 aliphatic carbocycles. The zero-order valence-electron chi connectivity index (χ0n) is 7.03. The van der Waals surface area contributed by atoms with E-state index < -0.39 is 0 Å². The van der Waals surface area contributed by atoms with Gasteiger partial charge in [-0.05, 0) is 18.0 Å². The molecule has 0 bridgehead atoms. The summed E-state index contributed by atoms with van der Waals surface area (Å²) < 4.78 is 8.27. The van der Waals surface area contributed by atoms with Crippen molar-refractivity contribution < 1.29 is 9.53 Å². The van der Waals surface area contributed by atoms with Crippen LogP contribution in [0.1, 0.15) is 28.7 Å². The molecule has 0 saturated carbocycles. The highest BCUT2D eigenvalue weighted by Crippen LogP contribution is 2.13. The maximum Gasteiger partial charge on any atom is 0.351 e. The van der Waals surface area contributed by atoms with Crippen molar-refractivity contribution in [3.63, 3.8) is 0 Å². The summed E-state index contributed by atoms with van der Waals surface area (Å²) in [6.45, 7) is 2.03. The van der Waals surface area contributed by atoms with Crippen molar-refractivity contribution in [3.8, 4) is 0 Å². The number of carbonyl (C=O) groups excluding carboxylic acids is 1. The van der Waals surface area contributed by atoms with E-state index in [2.05, 4.69) is 14.3 Å².